The largest absolute Gasteiger partial charge is 0.321 e. The summed E-state index contributed by atoms with van der Waals surface area (Å²) in [5.41, 5.74) is 2.81. The van der Waals surface area contributed by atoms with Gasteiger partial charge >= 0.3 is 0 Å². The van der Waals surface area contributed by atoms with Crippen LogP contribution < -0.4 is 10.2 Å². The fourth-order valence-corrected chi connectivity index (χ4v) is 3.83. The Hall–Kier alpha value is -2.14. The monoisotopic (exact) mass is 328 g/mol. The fraction of sp³-hybridized carbons (Fsp3) is 0.333. The quantitative estimate of drug-likeness (QED) is 0.922. The van der Waals surface area contributed by atoms with Crippen molar-refractivity contribution in [1.82, 2.24) is 0 Å². The van der Waals surface area contributed by atoms with Gasteiger partial charge in [-0.2, -0.15) is 0 Å². The number of aryl methyl sites for hydroxylation is 2. The summed E-state index contributed by atoms with van der Waals surface area (Å²) in [5, 5.41) is 2.92. The predicted molar refractivity (Wildman–Crippen MR) is 94.4 cm³/mol. The highest BCUT2D eigenvalue weighted by Crippen LogP contribution is 2.25. The number of thiophene rings is 1. The summed E-state index contributed by atoms with van der Waals surface area (Å²) in [7, 11) is 0. The average Bonchev–Trinajstić information content (AvgIpc) is 3.14. The second-order valence-corrected chi connectivity index (χ2v) is 6.86. The zero-order chi connectivity index (χ0) is 16.4. The van der Waals surface area contributed by atoms with Crippen LogP contribution in [0.25, 0.3) is 0 Å². The van der Waals surface area contributed by atoms with Gasteiger partial charge in [0, 0.05) is 29.2 Å². The number of nitrogens with zero attached hydrogens (tertiary/aromatic N) is 1. The molecule has 0 aliphatic carbocycles. The highest BCUT2D eigenvalue weighted by Gasteiger charge is 2.21. The van der Waals surface area contributed by atoms with Crippen molar-refractivity contribution < 1.29 is 9.59 Å². The molecule has 4 nitrogen and oxygen atoms in total. The summed E-state index contributed by atoms with van der Waals surface area (Å²) in [6, 6.07) is 9.40. The van der Waals surface area contributed by atoms with Crippen LogP contribution in [0.2, 0.25) is 0 Å². The smallest absolute Gasteiger partial charge is 0.265 e. The van der Waals surface area contributed by atoms with Crippen LogP contribution in [-0.4, -0.2) is 18.4 Å². The molecule has 0 spiro atoms. The Bertz CT molecular complexity index is 734. The summed E-state index contributed by atoms with van der Waals surface area (Å²) in [6.45, 7) is 4.91. The molecule has 2 heterocycles. The second kappa shape index (κ2) is 6.54. The van der Waals surface area contributed by atoms with Crippen molar-refractivity contribution in [3.8, 4) is 0 Å². The van der Waals surface area contributed by atoms with E-state index in [4.69, 9.17) is 0 Å². The molecule has 23 heavy (non-hydrogen) atoms. The maximum atomic E-state index is 12.3. The van der Waals surface area contributed by atoms with E-state index in [1.165, 1.54) is 10.4 Å². The van der Waals surface area contributed by atoms with Crippen LogP contribution in [0.3, 0.4) is 0 Å². The van der Waals surface area contributed by atoms with Crippen molar-refractivity contribution >= 4 is 34.5 Å². The van der Waals surface area contributed by atoms with Gasteiger partial charge in [0.2, 0.25) is 5.91 Å². The minimum atomic E-state index is -0.0807. The lowest BCUT2D eigenvalue weighted by molar-refractivity contribution is -0.117. The number of carbonyl (C=O) groups is 2. The highest BCUT2D eigenvalue weighted by atomic mass is 32.1. The highest BCUT2D eigenvalue weighted by molar-refractivity contribution is 7.14. The van der Waals surface area contributed by atoms with Crippen molar-refractivity contribution in [1.29, 1.82) is 0 Å². The lowest BCUT2D eigenvalue weighted by atomic mass is 10.2. The zero-order valence-electron chi connectivity index (χ0n) is 13.4. The van der Waals surface area contributed by atoms with Gasteiger partial charge in [-0.3, -0.25) is 9.59 Å². The molecule has 1 saturated heterocycles. The fourth-order valence-electron chi connectivity index (χ4n) is 2.82. The summed E-state index contributed by atoms with van der Waals surface area (Å²) < 4.78 is 0. The first-order valence-electron chi connectivity index (χ1n) is 7.89. The van der Waals surface area contributed by atoms with Crippen LogP contribution in [0.5, 0.6) is 0 Å². The van der Waals surface area contributed by atoms with Crippen LogP contribution in [-0.2, 0) is 11.2 Å². The number of amides is 2. The van der Waals surface area contributed by atoms with Crippen LogP contribution in [0.4, 0.5) is 11.4 Å². The van der Waals surface area contributed by atoms with Crippen LogP contribution in [0.15, 0.2) is 30.3 Å². The van der Waals surface area contributed by atoms with Gasteiger partial charge in [0.15, 0.2) is 0 Å². The number of hydrogen-bond donors (Lipinski definition) is 1. The maximum Gasteiger partial charge on any atom is 0.265 e. The Labute approximate surface area is 140 Å². The number of hydrogen-bond acceptors (Lipinski definition) is 3. The SMILES string of the molecule is CCc1sc(C(=O)Nc2ccc(N3CCCC3=O)cc2)cc1C. The van der Waals surface area contributed by atoms with Gasteiger partial charge in [0.1, 0.15) is 0 Å². The molecule has 3 rings (SSSR count). The van der Waals surface area contributed by atoms with Crippen LogP contribution >= 0.6 is 11.3 Å². The molecule has 1 aromatic heterocycles. The number of benzene rings is 1. The lowest BCUT2D eigenvalue weighted by Crippen LogP contribution is -2.23. The molecule has 0 radical (unpaired) electrons. The zero-order valence-corrected chi connectivity index (χ0v) is 14.2. The van der Waals surface area contributed by atoms with Crippen LogP contribution in [0, 0.1) is 6.92 Å². The third-order valence-corrected chi connectivity index (χ3v) is 5.46. The van der Waals surface area contributed by atoms with Gasteiger partial charge in [-0.25, -0.2) is 0 Å². The molecule has 0 unspecified atom stereocenters. The third kappa shape index (κ3) is 3.29. The van der Waals surface area contributed by atoms with E-state index in [0.717, 1.165) is 35.6 Å². The third-order valence-electron chi connectivity index (χ3n) is 4.08. The molecule has 0 atom stereocenters. The van der Waals surface area contributed by atoms with E-state index in [1.54, 1.807) is 16.2 Å². The minimum Gasteiger partial charge on any atom is -0.321 e. The number of anilines is 2. The van der Waals surface area contributed by atoms with E-state index in [2.05, 4.69) is 12.2 Å². The molecule has 120 valence electrons. The Morgan fingerprint density at radius 2 is 2.04 bits per heavy atom. The van der Waals surface area contributed by atoms with E-state index >= 15 is 0 Å². The number of carbonyl (C=O) groups excluding carboxylic acids is 2. The van der Waals surface area contributed by atoms with E-state index in [1.807, 2.05) is 37.3 Å². The predicted octanol–water partition coefficient (Wildman–Crippen LogP) is 4.00. The molecule has 0 bridgehead atoms. The molecule has 1 N–H and O–H groups in total. The summed E-state index contributed by atoms with van der Waals surface area (Å²) >= 11 is 1.55. The van der Waals surface area contributed by atoms with Crippen molar-refractivity contribution in [3.63, 3.8) is 0 Å². The van der Waals surface area contributed by atoms with Crippen LogP contribution in [0.1, 0.15) is 39.9 Å². The van der Waals surface area contributed by atoms with Gasteiger partial charge in [0.05, 0.1) is 4.88 Å². The molecular formula is C18H20N2O2S. The van der Waals surface area contributed by atoms with E-state index < -0.39 is 0 Å². The van der Waals surface area contributed by atoms with Crippen molar-refractivity contribution in [2.24, 2.45) is 0 Å². The molecule has 0 saturated carbocycles. The van der Waals surface area contributed by atoms with Gasteiger partial charge < -0.3 is 10.2 Å². The molecule has 1 aliphatic rings. The molecular weight excluding hydrogens is 308 g/mol. The Balaban J connectivity index is 1.70. The summed E-state index contributed by atoms with van der Waals surface area (Å²) in [5.74, 6) is 0.0886. The van der Waals surface area contributed by atoms with Gasteiger partial charge in [-0.15, -0.1) is 11.3 Å². The first-order valence-corrected chi connectivity index (χ1v) is 8.71. The Kier molecular flexibility index (Phi) is 4.48. The molecule has 1 aromatic carbocycles. The van der Waals surface area contributed by atoms with Crippen molar-refractivity contribution in [3.05, 3.63) is 45.6 Å². The normalized spacial score (nSPS) is 14.3. The lowest BCUT2D eigenvalue weighted by Gasteiger charge is -2.16. The van der Waals surface area contributed by atoms with Gasteiger partial charge in [-0.1, -0.05) is 6.92 Å². The van der Waals surface area contributed by atoms with E-state index in [-0.39, 0.29) is 11.8 Å². The second-order valence-electron chi connectivity index (χ2n) is 5.72. The Morgan fingerprint density at radius 1 is 1.30 bits per heavy atom. The first-order chi connectivity index (χ1) is 11.1. The summed E-state index contributed by atoms with van der Waals surface area (Å²) in [4.78, 5) is 27.8. The molecule has 2 amide bonds. The van der Waals surface area contributed by atoms with E-state index in [9.17, 15) is 9.59 Å². The number of rotatable bonds is 4. The maximum absolute atomic E-state index is 12.3. The first kappa shape index (κ1) is 15.7. The van der Waals surface area contributed by atoms with Crippen molar-refractivity contribution in [2.75, 3.05) is 16.8 Å². The van der Waals surface area contributed by atoms with Gasteiger partial charge in [0.25, 0.3) is 5.91 Å². The molecule has 5 heteroatoms. The topological polar surface area (TPSA) is 49.4 Å². The van der Waals surface area contributed by atoms with E-state index in [0.29, 0.717) is 6.42 Å². The molecule has 1 aliphatic heterocycles. The minimum absolute atomic E-state index is 0.0807. The van der Waals surface area contributed by atoms with Gasteiger partial charge in [-0.05, 0) is 55.7 Å². The molecule has 2 aromatic rings. The average molecular weight is 328 g/mol. The standard InChI is InChI=1S/C18H20N2O2S/c1-3-15-12(2)11-16(23-15)18(22)19-13-6-8-14(9-7-13)20-10-4-5-17(20)21/h6-9,11H,3-5,10H2,1-2H3,(H,19,22). The summed E-state index contributed by atoms with van der Waals surface area (Å²) in [6.07, 6.45) is 2.48. The Morgan fingerprint density at radius 3 is 2.61 bits per heavy atom. The number of nitrogens with one attached hydrogen (secondary N) is 1. The van der Waals surface area contributed by atoms with Crippen molar-refractivity contribution in [2.45, 2.75) is 33.1 Å². The molecule has 1 fully saturated rings.